The van der Waals surface area contributed by atoms with E-state index in [2.05, 4.69) is 25.8 Å². The average molecular weight is 283 g/mol. The SMILES string of the molecule is CN1CCC(CN(C)C(=O)CCC(C)(C)CCN)CC1. The third-order valence-corrected chi connectivity index (χ3v) is 4.63. The fourth-order valence-electron chi connectivity index (χ4n) is 2.89. The van der Waals surface area contributed by atoms with Crippen molar-refractivity contribution in [3.8, 4) is 0 Å². The quantitative estimate of drug-likeness (QED) is 0.777. The lowest BCUT2D eigenvalue weighted by Crippen LogP contribution is -2.38. The first kappa shape index (κ1) is 17.4. The second kappa shape index (κ2) is 7.99. The smallest absolute Gasteiger partial charge is 0.222 e. The van der Waals surface area contributed by atoms with E-state index in [9.17, 15) is 4.79 Å². The summed E-state index contributed by atoms with van der Waals surface area (Å²) in [7, 11) is 4.13. The van der Waals surface area contributed by atoms with Gasteiger partial charge in [-0.05, 0) is 63.7 Å². The molecule has 0 bridgehead atoms. The predicted molar refractivity (Wildman–Crippen MR) is 84.5 cm³/mol. The summed E-state index contributed by atoms with van der Waals surface area (Å²) in [5.74, 6) is 0.964. The Morgan fingerprint density at radius 1 is 1.30 bits per heavy atom. The number of nitrogens with zero attached hydrogens (tertiary/aromatic N) is 2. The normalized spacial score (nSPS) is 18.2. The van der Waals surface area contributed by atoms with Crippen molar-refractivity contribution in [3.05, 3.63) is 0 Å². The highest BCUT2D eigenvalue weighted by molar-refractivity contribution is 5.75. The summed E-state index contributed by atoms with van der Waals surface area (Å²) in [6.07, 6.45) is 5.00. The summed E-state index contributed by atoms with van der Waals surface area (Å²) in [6, 6.07) is 0. The standard InChI is InChI=1S/C16H33N3O/c1-16(2,9-10-17)8-5-15(20)19(4)13-14-6-11-18(3)12-7-14/h14H,5-13,17H2,1-4H3. The van der Waals surface area contributed by atoms with Gasteiger partial charge < -0.3 is 15.5 Å². The highest BCUT2D eigenvalue weighted by Crippen LogP contribution is 2.26. The van der Waals surface area contributed by atoms with Gasteiger partial charge >= 0.3 is 0 Å². The number of carbonyl (C=O) groups excluding carboxylic acids is 1. The van der Waals surface area contributed by atoms with Crippen LogP contribution in [-0.2, 0) is 4.79 Å². The highest BCUT2D eigenvalue weighted by atomic mass is 16.2. The molecule has 0 spiro atoms. The number of hydrogen-bond donors (Lipinski definition) is 1. The van der Waals surface area contributed by atoms with E-state index in [0.717, 1.165) is 32.5 Å². The summed E-state index contributed by atoms with van der Waals surface area (Å²) in [5.41, 5.74) is 5.80. The van der Waals surface area contributed by atoms with Crippen molar-refractivity contribution in [2.45, 2.75) is 46.0 Å². The van der Waals surface area contributed by atoms with Gasteiger partial charge in [0.2, 0.25) is 5.91 Å². The van der Waals surface area contributed by atoms with Gasteiger partial charge in [0, 0.05) is 20.0 Å². The van der Waals surface area contributed by atoms with Crippen molar-refractivity contribution in [1.29, 1.82) is 0 Å². The van der Waals surface area contributed by atoms with Crippen LogP contribution < -0.4 is 5.73 Å². The fraction of sp³-hybridized carbons (Fsp3) is 0.938. The first-order chi connectivity index (χ1) is 9.34. The van der Waals surface area contributed by atoms with Gasteiger partial charge in [0.25, 0.3) is 0 Å². The molecule has 0 aliphatic carbocycles. The highest BCUT2D eigenvalue weighted by Gasteiger charge is 2.22. The Morgan fingerprint density at radius 2 is 1.90 bits per heavy atom. The predicted octanol–water partition coefficient (Wildman–Crippen LogP) is 1.94. The topological polar surface area (TPSA) is 49.6 Å². The summed E-state index contributed by atoms with van der Waals surface area (Å²) < 4.78 is 0. The van der Waals surface area contributed by atoms with E-state index in [1.54, 1.807) is 0 Å². The first-order valence-corrected chi connectivity index (χ1v) is 7.96. The summed E-state index contributed by atoms with van der Waals surface area (Å²) >= 11 is 0. The van der Waals surface area contributed by atoms with Crippen molar-refractivity contribution in [2.75, 3.05) is 40.3 Å². The Labute approximate surface area is 124 Å². The third-order valence-electron chi connectivity index (χ3n) is 4.63. The zero-order valence-corrected chi connectivity index (χ0v) is 13.8. The minimum Gasteiger partial charge on any atom is -0.345 e. The van der Waals surface area contributed by atoms with Crippen molar-refractivity contribution in [1.82, 2.24) is 9.80 Å². The largest absolute Gasteiger partial charge is 0.345 e. The van der Waals surface area contributed by atoms with E-state index in [0.29, 0.717) is 18.9 Å². The molecule has 20 heavy (non-hydrogen) atoms. The molecule has 2 N–H and O–H groups in total. The van der Waals surface area contributed by atoms with Crippen LogP contribution in [0.1, 0.15) is 46.0 Å². The number of piperidine rings is 1. The molecule has 0 aromatic rings. The minimum absolute atomic E-state index is 0.179. The molecule has 1 fully saturated rings. The van der Waals surface area contributed by atoms with Crippen LogP contribution in [-0.4, -0.2) is 56.0 Å². The first-order valence-electron chi connectivity index (χ1n) is 7.96. The zero-order valence-electron chi connectivity index (χ0n) is 13.8. The van der Waals surface area contributed by atoms with Gasteiger partial charge in [-0.15, -0.1) is 0 Å². The van der Waals surface area contributed by atoms with E-state index >= 15 is 0 Å². The Balaban J connectivity index is 2.28. The van der Waals surface area contributed by atoms with E-state index in [1.807, 2.05) is 11.9 Å². The molecule has 1 heterocycles. The number of hydrogen-bond acceptors (Lipinski definition) is 3. The lowest BCUT2D eigenvalue weighted by molar-refractivity contribution is -0.131. The lowest BCUT2D eigenvalue weighted by atomic mass is 9.84. The molecule has 1 saturated heterocycles. The van der Waals surface area contributed by atoms with Gasteiger partial charge in [-0.2, -0.15) is 0 Å². The van der Waals surface area contributed by atoms with E-state index in [4.69, 9.17) is 5.73 Å². The molecule has 0 atom stereocenters. The Kier molecular flexibility index (Phi) is 6.96. The lowest BCUT2D eigenvalue weighted by Gasteiger charge is -2.32. The molecule has 1 aliphatic heterocycles. The van der Waals surface area contributed by atoms with Gasteiger partial charge in [0.05, 0.1) is 0 Å². The van der Waals surface area contributed by atoms with Crippen molar-refractivity contribution < 1.29 is 4.79 Å². The fourth-order valence-corrected chi connectivity index (χ4v) is 2.89. The van der Waals surface area contributed by atoms with E-state index in [1.165, 1.54) is 12.8 Å². The van der Waals surface area contributed by atoms with Gasteiger partial charge in [-0.25, -0.2) is 0 Å². The second-order valence-corrected chi connectivity index (χ2v) is 7.22. The number of rotatable bonds is 7. The maximum atomic E-state index is 12.2. The van der Waals surface area contributed by atoms with Gasteiger partial charge in [-0.3, -0.25) is 4.79 Å². The van der Waals surface area contributed by atoms with Gasteiger partial charge in [0.15, 0.2) is 0 Å². The number of carbonyl (C=O) groups is 1. The average Bonchev–Trinajstić information content (AvgIpc) is 2.38. The Morgan fingerprint density at radius 3 is 2.45 bits per heavy atom. The Hall–Kier alpha value is -0.610. The Bertz CT molecular complexity index is 296. The van der Waals surface area contributed by atoms with Gasteiger partial charge in [0.1, 0.15) is 0 Å². The van der Waals surface area contributed by atoms with Crippen LogP contribution in [0.15, 0.2) is 0 Å². The van der Waals surface area contributed by atoms with Crippen LogP contribution in [0.3, 0.4) is 0 Å². The molecule has 0 radical (unpaired) electrons. The molecule has 0 saturated carbocycles. The maximum absolute atomic E-state index is 12.2. The molecule has 0 aromatic carbocycles. The van der Waals surface area contributed by atoms with Crippen molar-refractivity contribution in [3.63, 3.8) is 0 Å². The van der Waals surface area contributed by atoms with Gasteiger partial charge in [-0.1, -0.05) is 13.8 Å². The second-order valence-electron chi connectivity index (χ2n) is 7.22. The molecule has 118 valence electrons. The molecule has 1 rings (SSSR count). The van der Waals surface area contributed by atoms with Crippen LogP contribution in [0.2, 0.25) is 0 Å². The number of likely N-dealkylation sites (tertiary alicyclic amines) is 1. The molecule has 0 aromatic heterocycles. The molecule has 0 unspecified atom stereocenters. The molecular weight excluding hydrogens is 250 g/mol. The zero-order chi connectivity index (χ0) is 15.2. The van der Waals surface area contributed by atoms with Crippen molar-refractivity contribution in [2.24, 2.45) is 17.1 Å². The van der Waals surface area contributed by atoms with E-state index in [-0.39, 0.29) is 11.3 Å². The van der Waals surface area contributed by atoms with Crippen LogP contribution in [0.5, 0.6) is 0 Å². The number of nitrogens with two attached hydrogens (primary N) is 1. The summed E-state index contributed by atoms with van der Waals surface area (Å²) in [6.45, 7) is 8.34. The molecule has 1 amide bonds. The van der Waals surface area contributed by atoms with E-state index < -0.39 is 0 Å². The van der Waals surface area contributed by atoms with Crippen molar-refractivity contribution >= 4 is 5.91 Å². The summed E-state index contributed by atoms with van der Waals surface area (Å²) in [4.78, 5) is 16.5. The third kappa shape index (κ3) is 6.23. The van der Waals surface area contributed by atoms with Crippen LogP contribution in [0.4, 0.5) is 0 Å². The minimum atomic E-state index is 0.179. The van der Waals surface area contributed by atoms with Crippen LogP contribution in [0.25, 0.3) is 0 Å². The van der Waals surface area contributed by atoms with Crippen LogP contribution >= 0.6 is 0 Å². The molecule has 4 heteroatoms. The summed E-state index contributed by atoms with van der Waals surface area (Å²) in [5, 5.41) is 0. The number of amides is 1. The van der Waals surface area contributed by atoms with Crippen LogP contribution in [0, 0.1) is 11.3 Å². The molecular formula is C16H33N3O. The monoisotopic (exact) mass is 283 g/mol. The molecule has 1 aliphatic rings. The maximum Gasteiger partial charge on any atom is 0.222 e. The molecule has 4 nitrogen and oxygen atoms in total.